The first-order valence-corrected chi connectivity index (χ1v) is 9.06. The van der Waals surface area contributed by atoms with Gasteiger partial charge < -0.3 is 20.1 Å². The van der Waals surface area contributed by atoms with Crippen LogP contribution in [0.25, 0.3) is 0 Å². The molecule has 0 saturated carbocycles. The number of carboxylic acids is 1. The summed E-state index contributed by atoms with van der Waals surface area (Å²) in [4.78, 5) is 25.5. The van der Waals surface area contributed by atoms with E-state index in [2.05, 4.69) is 11.4 Å². The molecule has 1 aliphatic heterocycles. The van der Waals surface area contributed by atoms with E-state index in [9.17, 15) is 9.59 Å². The molecule has 27 heavy (non-hydrogen) atoms. The van der Waals surface area contributed by atoms with Gasteiger partial charge in [-0.2, -0.15) is 0 Å². The molecule has 3 rings (SSSR count). The highest BCUT2D eigenvalue weighted by atomic mass is 16.5. The topological polar surface area (TPSA) is 78.9 Å². The van der Waals surface area contributed by atoms with Crippen LogP contribution >= 0.6 is 0 Å². The molecule has 6 nitrogen and oxygen atoms in total. The molecular weight excluding hydrogens is 344 g/mol. The van der Waals surface area contributed by atoms with Crippen LogP contribution in [0, 0.1) is 0 Å². The zero-order valence-electron chi connectivity index (χ0n) is 15.4. The molecule has 6 heteroatoms. The Labute approximate surface area is 158 Å². The second-order valence-corrected chi connectivity index (χ2v) is 6.70. The molecule has 0 spiro atoms. The maximum absolute atomic E-state index is 12.9. The predicted octanol–water partition coefficient (Wildman–Crippen LogP) is 3.21. The van der Waals surface area contributed by atoms with Crippen LogP contribution in [0.4, 0.5) is 5.69 Å². The Kier molecular flexibility index (Phi) is 5.96. The van der Waals surface area contributed by atoms with Crippen LogP contribution in [0.5, 0.6) is 5.75 Å². The third-order valence-corrected chi connectivity index (χ3v) is 4.83. The number of carboxylic acid groups (broad SMARTS) is 1. The average Bonchev–Trinajstić information content (AvgIpc) is 2.72. The minimum Gasteiger partial charge on any atom is -0.497 e. The molecule has 1 atom stereocenters. The number of rotatable bonds is 6. The molecule has 1 amide bonds. The Morgan fingerprint density at radius 1 is 1.22 bits per heavy atom. The molecule has 1 saturated heterocycles. The van der Waals surface area contributed by atoms with E-state index in [1.54, 1.807) is 31.4 Å². The quantitative estimate of drug-likeness (QED) is 0.819. The van der Waals surface area contributed by atoms with Crippen LogP contribution in [0.15, 0.2) is 48.5 Å². The number of aliphatic carboxylic acids is 1. The lowest BCUT2D eigenvalue weighted by Crippen LogP contribution is -2.39. The van der Waals surface area contributed by atoms with E-state index in [1.165, 1.54) is 5.56 Å². The fourth-order valence-electron chi connectivity index (χ4n) is 3.45. The molecule has 0 unspecified atom stereocenters. The highest BCUT2D eigenvalue weighted by Gasteiger charge is 2.25. The van der Waals surface area contributed by atoms with Gasteiger partial charge in [0, 0.05) is 30.3 Å². The number of amides is 1. The van der Waals surface area contributed by atoms with Gasteiger partial charge in [0.15, 0.2) is 0 Å². The van der Waals surface area contributed by atoms with E-state index in [1.807, 2.05) is 23.1 Å². The molecule has 2 aromatic carbocycles. The minimum absolute atomic E-state index is 0.0263. The van der Waals surface area contributed by atoms with Crippen LogP contribution in [0.1, 0.15) is 34.7 Å². The van der Waals surface area contributed by atoms with Gasteiger partial charge in [-0.3, -0.25) is 9.59 Å². The monoisotopic (exact) mass is 368 g/mol. The first-order chi connectivity index (χ1) is 13.1. The molecule has 1 aliphatic rings. The first-order valence-electron chi connectivity index (χ1n) is 9.06. The fraction of sp³-hybridized carbons (Fsp3) is 0.333. The van der Waals surface area contributed by atoms with Crippen LogP contribution in [0.3, 0.4) is 0 Å². The van der Waals surface area contributed by atoms with Crippen molar-refractivity contribution in [1.82, 2.24) is 4.90 Å². The summed E-state index contributed by atoms with van der Waals surface area (Å²) >= 11 is 0. The normalized spacial score (nSPS) is 16.6. The number of carbonyl (C=O) groups is 2. The van der Waals surface area contributed by atoms with Crippen molar-refractivity contribution in [1.29, 1.82) is 0 Å². The number of benzene rings is 2. The molecule has 2 aromatic rings. The van der Waals surface area contributed by atoms with E-state index < -0.39 is 5.97 Å². The average molecular weight is 368 g/mol. The number of methoxy groups -OCH3 is 1. The molecule has 1 fully saturated rings. The number of anilines is 1. The van der Waals surface area contributed by atoms with Gasteiger partial charge in [0.05, 0.1) is 7.11 Å². The molecule has 142 valence electrons. The minimum atomic E-state index is -0.941. The number of piperidine rings is 1. The summed E-state index contributed by atoms with van der Waals surface area (Å²) in [7, 11) is 1.65. The van der Waals surface area contributed by atoms with Crippen molar-refractivity contribution in [2.24, 2.45) is 0 Å². The van der Waals surface area contributed by atoms with Crippen LogP contribution in [-0.4, -0.2) is 48.6 Å². The zero-order chi connectivity index (χ0) is 19.2. The fourth-order valence-corrected chi connectivity index (χ4v) is 3.45. The summed E-state index contributed by atoms with van der Waals surface area (Å²) in [6.45, 7) is 1.21. The van der Waals surface area contributed by atoms with E-state index in [0.29, 0.717) is 17.8 Å². The maximum Gasteiger partial charge on any atom is 0.322 e. The summed E-state index contributed by atoms with van der Waals surface area (Å²) in [5.74, 6) is 0.143. The Morgan fingerprint density at radius 2 is 2.04 bits per heavy atom. The number of likely N-dealkylation sites (tertiary alicyclic amines) is 1. The van der Waals surface area contributed by atoms with Crippen molar-refractivity contribution in [3.8, 4) is 5.75 Å². The number of nitrogens with one attached hydrogen (secondary N) is 1. The van der Waals surface area contributed by atoms with Crippen LogP contribution in [-0.2, 0) is 4.79 Å². The standard InChI is InChI=1S/C21H24N2O4/c1-27-19-9-3-5-15(12-19)17-7-4-10-23(14-17)21(26)16-6-2-8-18(11-16)22-13-20(24)25/h2-3,5-6,8-9,11-12,17,22H,4,7,10,13-14H2,1H3,(H,24,25)/t17-/m1/s1. The summed E-state index contributed by atoms with van der Waals surface area (Å²) in [5, 5.41) is 11.6. The third kappa shape index (κ3) is 4.78. The Bertz CT molecular complexity index is 821. The van der Waals surface area contributed by atoms with Crippen molar-refractivity contribution in [2.75, 3.05) is 32.1 Å². The first kappa shape index (κ1) is 18.8. The number of carbonyl (C=O) groups excluding carboxylic acids is 1. The highest BCUT2D eigenvalue weighted by Crippen LogP contribution is 2.30. The molecule has 0 radical (unpaired) electrons. The Balaban J connectivity index is 1.71. The lowest BCUT2D eigenvalue weighted by atomic mass is 9.90. The van der Waals surface area contributed by atoms with E-state index in [0.717, 1.165) is 25.1 Å². The summed E-state index contributed by atoms with van der Waals surface area (Å²) in [6, 6.07) is 15.0. The zero-order valence-corrected chi connectivity index (χ0v) is 15.4. The predicted molar refractivity (Wildman–Crippen MR) is 103 cm³/mol. The summed E-state index contributed by atoms with van der Waals surface area (Å²) in [6.07, 6.45) is 1.99. The summed E-state index contributed by atoms with van der Waals surface area (Å²) < 4.78 is 5.31. The second-order valence-electron chi connectivity index (χ2n) is 6.70. The molecule has 2 N–H and O–H groups in total. The smallest absolute Gasteiger partial charge is 0.322 e. The van der Waals surface area contributed by atoms with E-state index in [4.69, 9.17) is 9.84 Å². The van der Waals surface area contributed by atoms with Gasteiger partial charge in [-0.1, -0.05) is 18.2 Å². The lowest BCUT2D eigenvalue weighted by molar-refractivity contribution is -0.134. The SMILES string of the molecule is COc1cccc([C@@H]2CCCN(C(=O)c3cccc(NCC(=O)O)c3)C2)c1. The van der Waals surface area contributed by atoms with Gasteiger partial charge in [0.25, 0.3) is 5.91 Å². The van der Waals surface area contributed by atoms with Crippen LogP contribution < -0.4 is 10.1 Å². The molecular formula is C21H24N2O4. The molecule has 0 bridgehead atoms. The number of hydrogen-bond acceptors (Lipinski definition) is 4. The van der Waals surface area contributed by atoms with Crippen molar-refractivity contribution in [3.05, 3.63) is 59.7 Å². The number of nitrogens with zero attached hydrogens (tertiary/aromatic N) is 1. The Hall–Kier alpha value is -3.02. The van der Waals surface area contributed by atoms with Gasteiger partial charge >= 0.3 is 5.97 Å². The number of ether oxygens (including phenoxy) is 1. The van der Waals surface area contributed by atoms with Crippen molar-refractivity contribution < 1.29 is 19.4 Å². The second kappa shape index (κ2) is 8.58. The number of hydrogen-bond donors (Lipinski definition) is 2. The van der Waals surface area contributed by atoms with Gasteiger partial charge in [0.2, 0.25) is 0 Å². The molecule has 1 heterocycles. The van der Waals surface area contributed by atoms with E-state index in [-0.39, 0.29) is 18.4 Å². The largest absolute Gasteiger partial charge is 0.497 e. The van der Waals surface area contributed by atoms with Crippen LogP contribution in [0.2, 0.25) is 0 Å². The molecule has 0 aliphatic carbocycles. The van der Waals surface area contributed by atoms with Crippen molar-refractivity contribution in [2.45, 2.75) is 18.8 Å². The van der Waals surface area contributed by atoms with Gasteiger partial charge in [0.1, 0.15) is 12.3 Å². The Morgan fingerprint density at radius 3 is 2.81 bits per heavy atom. The molecule has 0 aromatic heterocycles. The lowest BCUT2D eigenvalue weighted by Gasteiger charge is -2.33. The van der Waals surface area contributed by atoms with Crippen molar-refractivity contribution >= 4 is 17.6 Å². The van der Waals surface area contributed by atoms with Crippen molar-refractivity contribution in [3.63, 3.8) is 0 Å². The maximum atomic E-state index is 12.9. The third-order valence-electron chi connectivity index (χ3n) is 4.83. The van der Waals surface area contributed by atoms with Gasteiger partial charge in [-0.05, 0) is 48.7 Å². The van der Waals surface area contributed by atoms with Gasteiger partial charge in [-0.15, -0.1) is 0 Å². The van der Waals surface area contributed by atoms with Gasteiger partial charge in [-0.25, -0.2) is 0 Å². The summed E-state index contributed by atoms with van der Waals surface area (Å²) in [5.41, 5.74) is 2.38. The highest BCUT2D eigenvalue weighted by molar-refractivity contribution is 5.95. The van der Waals surface area contributed by atoms with E-state index >= 15 is 0 Å².